The summed E-state index contributed by atoms with van der Waals surface area (Å²) < 4.78 is 41.9. The number of benzene rings is 2. The molecule has 132 valence electrons. The summed E-state index contributed by atoms with van der Waals surface area (Å²) in [7, 11) is 0. The molecule has 0 saturated heterocycles. The Morgan fingerprint density at radius 3 is 2.48 bits per heavy atom. The lowest BCUT2D eigenvalue weighted by molar-refractivity contribution is -0.384. The molecule has 0 aliphatic carbocycles. The first-order valence-electron chi connectivity index (χ1n) is 7.12. The van der Waals surface area contributed by atoms with Crippen LogP contribution < -0.4 is 10.1 Å². The fourth-order valence-corrected chi connectivity index (χ4v) is 2.03. The Balaban J connectivity index is 1.92. The number of rotatable bonds is 7. The molecule has 0 radical (unpaired) electrons. The Morgan fingerprint density at radius 1 is 1.20 bits per heavy atom. The minimum Gasteiger partial charge on any atom is -0.435 e. The number of halogens is 3. The van der Waals surface area contributed by atoms with Crippen molar-refractivity contribution >= 4 is 17.3 Å². The Morgan fingerprint density at radius 2 is 1.88 bits per heavy atom. The minimum atomic E-state index is -2.92. The number of nitrogens with zero attached hydrogens (tertiary/aromatic N) is 1. The Labute approximate surface area is 140 Å². The number of carbonyl (C=O) groups is 1. The smallest absolute Gasteiger partial charge is 0.387 e. The van der Waals surface area contributed by atoms with E-state index in [0.29, 0.717) is 5.56 Å². The molecular formula is C16H13F3N2O4. The summed E-state index contributed by atoms with van der Waals surface area (Å²) in [6.45, 7) is -2.92. The van der Waals surface area contributed by atoms with Gasteiger partial charge in [0.05, 0.1) is 10.6 Å². The molecule has 0 bridgehead atoms. The highest BCUT2D eigenvalue weighted by Crippen LogP contribution is 2.21. The number of hydrogen-bond acceptors (Lipinski definition) is 4. The molecule has 2 aromatic rings. The molecule has 0 unspecified atom stereocenters. The van der Waals surface area contributed by atoms with Crippen LogP contribution in [0.2, 0.25) is 0 Å². The van der Waals surface area contributed by atoms with Crippen molar-refractivity contribution in [2.24, 2.45) is 0 Å². The van der Waals surface area contributed by atoms with E-state index in [1.54, 1.807) is 0 Å². The summed E-state index contributed by atoms with van der Waals surface area (Å²) in [5, 5.41) is 12.9. The van der Waals surface area contributed by atoms with Gasteiger partial charge in [-0.15, -0.1) is 0 Å². The largest absolute Gasteiger partial charge is 0.435 e. The monoisotopic (exact) mass is 354 g/mol. The van der Waals surface area contributed by atoms with E-state index in [2.05, 4.69) is 10.1 Å². The quantitative estimate of drug-likeness (QED) is 0.604. The van der Waals surface area contributed by atoms with Crippen molar-refractivity contribution < 1.29 is 27.6 Å². The van der Waals surface area contributed by atoms with Gasteiger partial charge in [-0.05, 0) is 30.2 Å². The predicted octanol–water partition coefficient (Wildman–Crippen LogP) is 3.91. The SMILES string of the molecule is O=C(CCc1ccc(OC(F)F)cc1)Nc1cc([N+](=O)[O-])ccc1F. The second kappa shape index (κ2) is 8.13. The second-order valence-corrected chi connectivity index (χ2v) is 4.99. The molecule has 6 nitrogen and oxygen atoms in total. The number of nitro groups is 1. The zero-order valence-corrected chi connectivity index (χ0v) is 12.7. The van der Waals surface area contributed by atoms with E-state index in [4.69, 9.17) is 0 Å². The van der Waals surface area contributed by atoms with Crippen molar-refractivity contribution in [3.8, 4) is 5.75 Å². The first-order valence-corrected chi connectivity index (χ1v) is 7.12. The molecular weight excluding hydrogens is 341 g/mol. The maximum absolute atomic E-state index is 13.6. The van der Waals surface area contributed by atoms with Gasteiger partial charge in [-0.2, -0.15) is 8.78 Å². The van der Waals surface area contributed by atoms with Gasteiger partial charge in [0.1, 0.15) is 11.6 Å². The number of alkyl halides is 2. The first-order chi connectivity index (χ1) is 11.8. The van der Waals surface area contributed by atoms with E-state index < -0.39 is 23.3 Å². The number of hydrogen-bond donors (Lipinski definition) is 1. The van der Waals surface area contributed by atoms with Crippen LogP contribution in [0.5, 0.6) is 5.75 Å². The van der Waals surface area contributed by atoms with Gasteiger partial charge in [0.15, 0.2) is 0 Å². The van der Waals surface area contributed by atoms with Crippen molar-refractivity contribution in [2.45, 2.75) is 19.5 Å². The van der Waals surface area contributed by atoms with Crippen LogP contribution in [0, 0.1) is 15.9 Å². The van der Waals surface area contributed by atoms with Crippen LogP contribution in [0.4, 0.5) is 24.5 Å². The fraction of sp³-hybridized carbons (Fsp3) is 0.188. The number of amides is 1. The first kappa shape index (κ1) is 18.2. The average Bonchev–Trinajstić information content (AvgIpc) is 2.55. The molecule has 0 fully saturated rings. The number of anilines is 1. The summed E-state index contributed by atoms with van der Waals surface area (Å²) >= 11 is 0. The van der Waals surface area contributed by atoms with Gasteiger partial charge in [-0.25, -0.2) is 4.39 Å². The van der Waals surface area contributed by atoms with Crippen LogP contribution >= 0.6 is 0 Å². The van der Waals surface area contributed by atoms with Gasteiger partial charge in [0.25, 0.3) is 5.69 Å². The van der Waals surface area contributed by atoms with E-state index in [1.165, 1.54) is 24.3 Å². The number of ether oxygens (including phenoxy) is 1. The molecule has 2 aromatic carbocycles. The second-order valence-electron chi connectivity index (χ2n) is 4.99. The van der Waals surface area contributed by atoms with E-state index in [-0.39, 0.29) is 30.0 Å². The molecule has 1 N–H and O–H groups in total. The van der Waals surface area contributed by atoms with Gasteiger partial charge < -0.3 is 10.1 Å². The standard InChI is InChI=1S/C16H13F3N2O4/c17-13-7-4-11(21(23)24)9-14(13)20-15(22)8-3-10-1-5-12(6-2-10)25-16(18)19/h1-2,4-7,9,16H,3,8H2,(H,20,22). The minimum absolute atomic E-state index is 0.00173. The highest BCUT2D eigenvalue weighted by atomic mass is 19.3. The molecule has 9 heteroatoms. The number of aryl methyl sites for hydroxylation is 1. The molecule has 0 saturated carbocycles. The molecule has 25 heavy (non-hydrogen) atoms. The van der Waals surface area contributed by atoms with Crippen molar-refractivity contribution in [2.75, 3.05) is 5.32 Å². The van der Waals surface area contributed by atoms with E-state index in [9.17, 15) is 28.1 Å². The van der Waals surface area contributed by atoms with Crippen LogP contribution in [0.1, 0.15) is 12.0 Å². The van der Waals surface area contributed by atoms with Crippen LogP contribution in [-0.4, -0.2) is 17.4 Å². The van der Waals surface area contributed by atoms with Crippen LogP contribution in [-0.2, 0) is 11.2 Å². The summed E-state index contributed by atoms with van der Waals surface area (Å²) in [5.74, 6) is -1.32. The third kappa shape index (κ3) is 5.48. The van der Waals surface area contributed by atoms with Gasteiger partial charge in [0.2, 0.25) is 5.91 Å². The van der Waals surface area contributed by atoms with Gasteiger partial charge >= 0.3 is 6.61 Å². The van der Waals surface area contributed by atoms with Crippen molar-refractivity contribution in [1.82, 2.24) is 0 Å². The summed E-state index contributed by atoms with van der Waals surface area (Å²) in [6.07, 6.45) is 0.258. The number of carbonyl (C=O) groups excluding carboxylic acids is 1. The number of non-ortho nitro benzene ring substituents is 1. The average molecular weight is 354 g/mol. The van der Waals surface area contributed by atoms with Crippen LogP contribution in [0.25, 0.3) is 0 Å². The fourth-order valence-electron chi connectivity index (χ4n) is 2.03. The molecule has 1 amide bonds. The predicted molar refractivity (Wildman–Crippen MR) is 83.1 cm³/mol. The van der Waals surface area contributed by atoms with Crippen molar-refractivity contribution in [1.29, 1.82) is 0 Å². The van der Waals surface area contributed by atoms with E-state index in [1.807, 2.05) is 0 Å². The van der Waals surface area contributed by atoms with E-state index >= 15 is 0 Å². The summed E-state index contributed by atoms with van der Waals surface area (Å²) in [6, 6.07) is 8.57. The summed E-state index contributed by atoms with van der Waals surface area (Å²) in [5.41, 5.74) is 0.0717. The third-order valence-corrected chi connectivity index (χ3v) is 3.22. The number of nitrogens with one attached hydrogen (secondary N) is 1. The topological polar surface area (TPSA) is 81.5 Å². The molecule has 0 spiro atoms. The lowest BCUT2D eigenvalue weighted by Crippen LogP contribution is -2.13. The highest BCUT2D eigenvalue weighted by molar-refractivity contribution is 5.91. The van der Waals surface area contributed by atoms with E-state index in [0.717, 1.165) is 18.2 Å². The molecule has 0 heterocycles. The van der Waals surface area contributed by atoms with Crippen LogP contribution in [0.3, 0.4) is 0 Å². The Bertz CT molecular complexity index is 766. The maximum Gasteiger partial charge on any atom is 0.387 e. The molecule has 0 aliphatic rings. The molecule has 2 rings (SSSR count). The normalized spacial score (nSPS) is 10.6. The van der Waals surface area contributed by atoms with Crippen molar-refractivity contribution in [3.63, 3.8) is 0 Å². The highest BCUT2D eigenvalue weighted by Gasteiger charge is 2.13. The molecule has 0 aliphatic heterocycles. The van der Waals surface area contributed by atoms with Crippen molar-refractivity contribution in [3.05, 3.63) is 64.0 Å². The zero-order valence-electron chi connectivity index (χ0n) is 12.7. The lowest BCUT2D eigenvalue weighted by Gasteiger charge is -2.07. The number of nitro benzene ring substituents is 1. The third-order valence-electron chi connectivity index (χ3n) is 3.22. The Kier molecular flexibility index (Phi) is 5.93. The molecule has 0 aromatic heterocycles. The molecule has 0 atom stereocenters. The van der Waals surface area contributed by atoms with Crippen LogP contribution in [0.15, 0.2) is 42.5 Å². The Hall–Kier alpha value is -3.10. The maximum atomic E-state index is 13.6. The van der Waals surface area contributed by atoms with Gasteiger partial charge in [-0.3, -0.25) is 14.9 Å². The summed E-state index contributed by atoms with van der Waals surface area (Å²) in [4.78, 5) is 21.8. The lowest BCUT2D eigenvalue weighted by atomic mass is 10.1. The zero-order chi connectivity index (χ0) is 18.4. The van der Waals surface area contributed by atoms with Gasteiger partial charge in [-0.1, -0.05) is 12.1 Å². The van der Waals surface area contributed by atoms with Gasteiger partial charge in [0, 0.05) is 18.6 Å².